The summed E-state index contributed by atoms with van der Waals surface area (Å²) < 4.78 is 43.7. The number of hydrogen-bond donors (Lipinski definition) is 1. The largest absolute Gasteiger partial charge is 0.378 e. The molecule has 6 heteroatoms. The van der Waals surface area contributed by atoms with Crippen molar-refractivity contribution in [3.05, 3.63) is 35.6 Å². The zero-order valence-corrected chi connectivity index (χ0v) is 7.20. The second-order valence-electron chi connectivity index (χ2n) is 2.23. The number of halogens is 1. The van der Waals surface area contributed by atoms with Crippen molar-refractivity contribution in [2.24, 2.45) is 4.40 Å². The molecule has 70 valence electrons. The van der Waals surface area contributed by atoms with Gasteiger partial charge in [-0.25, -0.2) is 4.39 Å². The fourth-order valence-corrected chi connectivity index (χ4v) is 0.931. The summed E-state index contributed by atoms with van der Waals surface area (Å²) in [6.07, 6.45) is 0.925. The normalized spacial score (nSPS) is 12.2. The molecular formula is C7H6FNO3S. The molecule has 0 aliphatic carbocycles. The summed E-state index contributed by atoms with van der Waals surface area (Å²) in [5, 5.41) is 0. The zero-order valence-electron chi connectivity index (χ0n) is 6.38. The molecule has 0 spiro atoms. The first-order valence-electron chi connectivity index (χ1n) is 3.26. The van der Waals surface area contributed by atoms with Gasteiger partial charge in [0.05, 0.1) is 0 Å². The molecule has 0 bridgehead atoms. The highest BCUT2D eigenvalue weighted by atomic mass is 32.2. The number of rotatable bonds is 2. The summed E-state index contributed by atoms with van der Waals surface area (Å²) in [5.74, 6) is -0.427. The van der Waals surface area contributed by atoms with Crippen LogP contribution in [0.15, 0.2) is 28.7 Å². The molecule has 0 aliphatic heterocycles. The third kappa shape index (κ3) is 3.77. The van der Waals surface area contributed by atoms with Crippen LogP contribution in [0.25, 0.3) is 0 Å². The summed E-state index contributed by atoms with van der Waals surface area (Å²) in [5.41, 5.74) is 0.388. The van der Waals surface area contributed by atoms with Crippen molar-refractivity contribution >= 4 is 16.5 Å². The van der Waals surface area contributed by atoms with Gasteiger partial charge in [-0.15, -0.1) is 4.40 Å². The van der Waals surface area contributed by atoms with Crippen molar-refractivity contribution in [2.45, 2.75) is 0 Å². The number of hydrogen-bond acceptors (Lipinski definition) is 2. The fraction of sp³-hybridized carbons (Fsp3) is 0. The molecule has 0 aliphatic rings. The van der Waals surface area contributed by atoms with Crippen LogP contribution in [0, 0.1) is 5.82 Å². The van der Waals surface area contributed by atoms with Gasteiger partial charge in [-0.2, -0.15) is 8.42 Å². The molecule has 0 atom stereocenters. The zero-order chi connectivity index (χ0) is 9.90. The molecule has 0 radical (unpaired) electrons. The Morgan fingerprint density at radius 1 is 1.31 bits per heavy atom. The van der Waals surface area contributed by atoms with Gasteiger partial charge in [0.15, 0.2) is 0 Å². The molecule has 1 aromatic rings. The minimum atomic E-state index is -4.36. The third-order valence-electron chi connectivity index (χ3n) is 1.20. The summed E-state index contributed by atoms with van der Waals surface area (Å²) >= 11 is 0. The number of benzene rings is 1. The van der Waals surface area contributed by atoms with E-state index in [9.17, 15) is 12.8 Å². The van der Waals surface area contributed by atoms with Gasteiger partial charge in [-0.1, -0.05) is 12.1 Å². The Bertz CT molecular complexity index is 410. The molecule has 0 heterocycles. The van der Waals surface area contributed by atoms with E-state index in [1.807, 2.05) is 0 Å². The van der Waals surface area contributed by atoms with Crippen LogP contribution in [0.1, 0.15) is 5.56 Å². The highest BCUT2D eigenvalue weighted by Gasteiger charge is 1.96. The van der Waals surface area contributed by atoms with Crippen LogP contribution in [0.2, 0.25) is 0 Å². The summed E-state index contributed by atoms with van der Waals surface area (Å²) in [6, 6.07) is 4.99. The van der Waals surface area contributed by atoms with E-state index in [0.717, 1.165) is 18.3 Å². The van der Waals surface area contributed by atoms with Crippen molar-refractivity contribution in [3.63, 3.8) is 0 Å². The van der Waals surface area contributed by atoms with E-state index in [2.05, 4.69) is 4.40 Å². The molecule has 13 heavy (non-hydrogen) atoms. The minimum Gasteiger partial charge on any atom is -0.268 e. The van der Waals surface area contributed by atoms with Crippen LogP contribution in [0.5, 0.6) is 0 Å². The molecule has 0 aromatic heterocycles. The standard InChI is InChI=1S/C7H6FNO3S/c8-7-3-1-6(2-4-7)5-9-13(10,11)12/h1-5H,(H,10,11,12). The van der Waals surface area contributed by atoms with Crippen molar-refractivity contribution in [1.29, 1.82) is 0 Å². The molecule has 1 rings (SSSR count). The van der Waals surface area contributed by atoms with Crippen molar-refractivity contribution in [1.82, 2.24) is 0 Å². The van der Waals surface area contributed by atoms with Gasteiger partial charge in [0.1, 0.15) is 5.82 Å². The van der Waals surface area contributed by atoms with Gasteiger partial charge < -0.3 is 0 Å². The lowest BCUT2D eigenvalue weighted by molar-refractivity contribution is 0.485. The van der Waals surface area contributed by atoms with Crippen LogP contribution in [0.3, 0.4) is 0 Å². The lowest BCUT2D eigenvalue weighted by Crippen LogP contribution is -1.92. The van der Waals surface area contributed by atoms with E-state index >= 15 is 0 Å². The van der Waals surface area contributed by atoms with Crippen LogP contribution in [-0.4, -0.2) is 19.2 Å². The first-order valence-corrected chi connectivity index (χ1v) is 4.65. The SMILES string of the molecule is O=S(=O)(O)N=Cc1ccc(F)cc1. The molecular weight excluding hydrogens is 197 g/mol. The fourth-order valence-electron chi connectivity index (χ4n) is 0.676. The maximum Gasteiger partial charge on any atom is 0.378 e. The number of nitrogens with zero attached hydrogens (tertiary/aromatic N) is 1. The van der Waals surface area contributed by atoms with E-state index in [0.29, 0.717) is 5.56 Å². The van der Waals surface area contributed by atoms with Gasteiger partial charge >= 0.3 is 10.3 Å². The highest BCUT2D eigenvalue weighted by Crippen LogP contribution is 2.00. The first kappa shape index (κ1) is 9.82. The lowest BCUT2D eigenvalue weighted by Gasteiger charge is -1.90. The van der Waals surface area contributed by atoms with Crippen LogP contribution in [0.4, 0.5) is 4.39 Å². The van der Waals surface area contributed by atoms with Gasteiger partial charge in [0.25, 0.3) is 0 Å². The van der Waals surface area contributed by atoms with Crippen molar-refractivity contribution in [3.8, 4) is 0 Å². The van der Waals surface area contributed by atoms with E-state index in [1.54, 1.807) is 0 Å². The Labute approximate surface area is 74.6 Å². The highest BCUT2D eigenvalue weighted by molar-refractivity contribution is 7.84. The average molecular weight is 203 g/mol. The second-order valence-corrected chi connectivity index (χ2v) is 3.34. The molecule has 0 amide bonds. The topological polar surface area (TPSA) is 66.7 Å². The first-order chi connectivity index (χ1) is 5.97. The van der Waals surface area contributed by atoms with Crippen LogP contribution < -0.4 is 0 Å². The van der Waals surface area contributed by atoms with Crippen molar-refractivity contribution < 1.29 is 17.4 Å². The predicted octanol–water partition coefficient (Wildman–Crippen LogP) is 1.05. The van der Waals surface area contributed by atoms with Gasteiger partial charge in [0, 0.05) is 6.21 Å². The Balaban J connectivity index is 2.88. The molecule has 1 N–H and O–H groups in total. The molecule has 0 unspecified atom stereocenters. The third-order valence-corrected chi connectivity index (χ3v) is 1.58. The Kier molecular flexibility index (Phi) is 2.74. The summed E-state index contributed by atoms with van der Waals surface area (Å²) in [4.78, 5) is 0. The van der Waals surface area contributed by atoms with Crippen molar-refractivity contribution in [2.75, 3.05) is 0 Å². The van der Waals surface area contributed by atoms with E-state index < -0.39 is 16.1 Å². The summed E-state index contributed by atoms with van der Waals surface area (Å²) in [7, 11) is -4.36. The van der Waals surface area contributed by atoms with Gasteiger partial charge in [0.2, 0.25) is 0 Å². The molecule has 1 aromatic carbocycles. The van der Waals surface area contributed by atoms with E-state index in [-0.39, 0.29) is 0 Å². The van der Waals surface area contributed by atoms with Gasteiger partial charge in [-0.3, -0.25) is 4.55 Å². The average Bonchev–Trinajstić information content (AvgIpc) is 2.02. The summed E-state index contributed by atoms with van der Waals surface area (Å²) in [6.45, 7) is 0. The Morgan fingerprint density at radius 2 is 1.85 bits per heavy atom. The molecule has 0 fully saturated rings. The monoisotopic (exact) mass is 203 g/mol. The van der Waals surface area contributed by atoms with E-state index in [1.165, 1.54) is 12.1 Å². The lowest BCUT2D eigenvalue weighted by atomic mass is 10.2. The molecule has 0 saturated heterocycles. The van der Waals surface area contributed by atoms with Gasteiger partial charge in [-0.05, 0) is 17.7 Å². The van der Waals surface area contributed by atoms with Crippen LogP contribution in [-0.2, 0) is 10.3 Å². The maximum atomic E-state index is 12.3. The van der Waals surface area contributed by atoms with Crippen LogP contribution >= 0.6 is 0 Å². The molecule has 4 nitrogen and oxygen atoms in total. The predicted molar refractivity (Wildman–Crippen MR) is 45.5 cm³/mol. The second kappa shape index (κ2) is 3.63. The Morgan fingerprint density at radius 3 is 2.31 bits per heavy atom. The van der Waals surface area contributed by atoms with E-state index in [4.69, 9.17) is 4.55 Å². The minimum absolute atomic E-state index is 0.388. The maximum absolute atomic E-state index is 12.3. The Hall–Kier alpha value is -1.27. The quantitative estimate of drug-likeness (QED) is 0.577. The molecule has 0 saturated carbocycles. The smallest absolute Gasteiger partial charge is 0.268 e.